The Morgan fingerprint density at radius 2 is 2.00 bits per heavy atom. The van der Waals surface area contributed by atoms with E-state index in [-0.39, 0.29) is 53.9 Å². The predicted molar refractivity (Wildman–Crippen MR) is 107 cm³/mol. The lowest BCUT2D eigenvalue weighted by Crippen LogP contribution is -2.33. The van der Waals surface area contributed by atoms with E-state index in [0.717, 1.165) is 12.5 Å². The second-order valence-electron chi connectivity index (χ2n) is 5.66. The second-order valence-corrected chi connectivity index (χ2v) is 5.66. The van der Waals surface area contributed by atoms with Crippen LogP contribution in [0.4, 0.5) is 13.2 Å². The van der Waals surface area contributed by atoms with Gasteiger partial charge in [0.15, 0.2) is 5.96 Å². The van der Waals surface area contributed by atoms with Crippen LogP contribution < -0.4 is 15.8 Å². The van der Waals surface area contributed by atoms with Gasteiger partial charge in [-0.3, -0.25) is 0 Å². The van der Waals surface area contributed by atoms with Crippen molar-refractivity contribution >= 4 is 29.9 Å². The summed E-state index contributed by atoms with van der Waals surface area (Å²) in [6.45, 7) is 7.02. The van der Waals surface area contributed by atoms with Crippen LogP contribution >= 0.6 is 24.0 Å². The molecule has 0 bridgehead atoms. The van der Waals surface area contributed by atoms with Crippen LogP contribution in [0.25, 0.3) is 0 Å². The maximum absolute atomic E-state index is 13.2. The summed E-state index contributed by atoms with van der Waals surface area (Å²) in [4.78, 5) is 3.98. The Kier molecular flexibility index (Phi) is 11.6. The van der Waals surface area contributed by atoms with Gasteiger partial charge in [-0.1, -0.05) is 6.07 Å². The molecule has 1 rings (SSSR count). The molecule has 0 atom stereocenters. The molecule has 1 aromatic rings. The minimum atomic E-state index is -4.49. The maximum atomic E-state index is 13.2. The van der Waals surface area contributed by atoms with Crippen LogP contribution in [-0.2, 0) is 17.5 Å². The summed E-state index contributed by atoms with van der Waals surface area (Å²) in [6.07, 6.45) is -3.96. The molecule has 0 aliphatic heterocycles. The lowest BCUT2D eigenvalue weighted by Gasteiger charge is -2.16. The summed E-state index contributed by atoms with van der Waals surface area (Å²) in [7, 11) is 0. The summed E-state index contributed by atoms with van der Waals surface area (Å²) >= 11 is 0. The molecule has 0 saturated carbocycles. The van der Waals surface area contributed by atoms with Gasteiger partial charge in [0, 0.05) is 19.8 Å². The lowest BCUT2D eigenvalue weighted by molar-refractivity contribution is -0.138. The molecule has 0 spiro atoms. The van der Waals surface area contributed by atoms with Gasteiger partial charge in [-0.2, -0.15) is 13.2 Å². The van der Waals surface area contributed by atoms with Gasteiger partial charge in [0.25, 0.3) is 0 Å². The Labute approximate surface area is 169 Å². The molecule has 1 aromatic carbocycles. The molecule has 0 amide bonds. The highest BCUT2D eigenvalue weighted by atomic mass is 127. The van der Waals surface area contributed by atoms with Crippen molar-refractivity contribution < 1.29 is 22.6 Å². The highest BCUT2D eigenvalue weighted by Gasteiger charge is 2.33. The van der Waals surface area contributed by atoms with E-state index < -0.39 is 11.7 Å². The largest absolute Gasteiger partial charge is 0.491 e. The van der Waals surface area contributed by atoms with Crippen LogP contribution in [0.15, 0.2) is 23.2 Å². The molecule has 0 aliphatic carbocycles. The Hall–Kier alpha value is -1.23. The quantitative estimate of drug-likeness (QED) is 0.239. The first-order valence-electron chi connectivity index (χ1n) is 8.22. The molecule has 0 unspecified atom stereocenters. The van der Waals surface area contributed by atoms with Crippen LogP contribution in [0.3, 0.4) is 0 Å². The van der Waals surface area contributed by atoms with Crippen LogP contribution in [0.1, 0.15) is 38.3 Å². The van der Waals surface area contributed by atoms with Gasteiger partial charge in [-0.25, -0.2) is 4.99 Å². The number of alkyl halides is 3. The average Bonchev–Trinajstić information content (AvgIpc) is 2.52. The van der Waals surface area contributed by atoms with E-state index in [1.165, 1.54) is 12.1 Å². The van der Waals surface area contributed by atoms with Crippen LogP contribution in [0, 0.1) is 0 Å². The topological polar surface area (TPSA) is 68.9 Å². The number of aliphatic imine (C=N–C) groups is 1. The fourth-order valence-corrected chi connectivity index (χ4v) is 2.06. The molecule has 26 heavy (non-hydrogen) atoms. The third kappa shape index (κ3) is 9.46. The third-order valence-electron chi connectivity index (χ3n) is 3.15. The number of nitrogens with two attached hydrogens (primary N) is 1. The number of halogens is 4. The number of nitrogens with one attached hydrogen (secondary N) is 1. The van der Waals surface area contributed by atoms with Gasteiger partial charge in [0.2, 0.25) is 0 Å². The van der Waals surface area contributed by atoms with E-state index in [9.17, 15) is 13.2 Å². The number of hydrogen-bond acceptors (Lipinski definition) is 3. The summed E-state index contributed by atoms with van der Waals surface area (Å²) in [5.41, 5.74) is 4.96. The Morgan fingerprint density at radius 1 is 1.31 bits per heavy atom. The molecule has 5 nitrogen and oxygen atoms in total. The van der Waals surface area contributed by atoms with E-state index in [0.29, 0.717) is 19.8 Å². The van der Waals surface area contributed by atoms with E-state index in [2.05, 4.69) is 10.3 Å². The Balaban J connectivity index is 0.00000625. The molecule has 0 heterocycles. The monoisotopic (exact) mass is 489 g/mol. The molecular formula is C17H27F3IN3O2. The molecule has 9 heteroatoms. The van der Waals surface area contributed by atoms with E-state index in [1.54, 1.807) is 13.8 Å². The highest BCUT2D eigenvalue weighted by Crippen LogP contribution is 2.35. The Bertz CT molecular complexity index is 567. The molecule has 0 radical (unpaired) electrons. The van der Waals surface area contributed by atoms with Crippen molar-refractivity contribution in [1.82, 2.24) is 5.32 Å². The molecule has 150 valence electrons. The van der Waals surface area contributed by atoms with Crippen LogP contribution in [-0.4, -0.2) is 31.8 Å². The third-order valence-corrected chi connectivity index (χ3v) is 3.15. The number of ether oxygens (including phenoxy) is 2. The second kappa shape index (κ2) is 12.2. The van der Waals surface area contributed by atoms with Crippen molar-refractivity contribution in [2.45, 2.75) is 46.0 Å². The molecule has 0 saturated heterocycles. The first kappa shape index (κ1) is 24.8. The lowest BCUT2D eigenvalue weighted by atomic mass is 10.1. The van der Waals surface area contributed by atoms with Gasteiger partial charge in [0.1, 0.15) is 5.75 Å². The average molecular weight is 489 g/mol. The molecule has 0 aliphatic rings. The smallest absolute Gasteiger partial charge is 0.416 e. The van der Waals surface area contributed by atoms with Crippen LogP contribution in [0.5, 0.6) is 5.75 Å². The molecule has 0 fully saturated rings. The van der Waals surface area contributed by atoms with Gasteiger partial charge < -0.3 is 20.5 Å². The first-order valence-corrected chi connectivity index (χ1v) is 8.22. The van der Waals surface area contributed by atoms with Crippen molar-refractivity contribution in [2.24, 2.45) is 10.7 Å². The predicted octanol–water partition coefficient (Wildman–Crippen LogP) is 3.94. The number of guanidine groups is 1. The van der Waals surface area contributed by atoms with Crippen molar-refractivity contribution in [2.75, 3.05) is 19.8 Å². The standard InChI is InChI=1S/C17H26F3N3O2.HI/c1-4-24-9-5-8-22-16(21)23-11-13-6-7-14(25-12(2)3)10-15(13)17(18,19)20;/h6-7,10,12H,4-5,8-9,11H2,1-3H3,(H3,21,22,23);1H. The normalized spacial score (nSPS) is 12.0. The Morgan fingerprint density at radius 3 is 2.58 bits per heavy atom. The molecular weight excluding hydrogens is 462 g/mol. The highest BCUT2D eigenvalue weighted by molar-refractivity contribution is 14.0. The maximum Gasteiger partial charge on any atom is 0.416 e. The summed E-state index contributed by atoms with van der Waals surface area (Å²) in [5.74, 6) is 0.282. The van der Waals surface area contributed by atoms with Crippen molar-refractivity contribution in [3.05, 3.63) is 29.3 Å². The van der Waals surface area contributed by atoms with E-state index in [1.807, 2.05) is 6.92 Å². The van der Waals surface area contributed by atoms with Gasteiger partial charge in [0.05, 0.1) is 18.2 Å². The van der Waals surface area contributed by atoms with Crippen molar-refractivity contribution in [3.63, 3.8) is 0 Å². The number of nitrogens with zero attached hydrogens (tertiary/aromatic N) is 1. The molecule has 3 N–H and O–H groups in total. The van der Waals surface area contributed by atoms with Crippen molar-refractivity contribution in [3.8, 4) is 5.75 Å². The van der Waals surface area contributed by atoms with Crippen LogP contribution in [0.2, 0.25) is 0 Å². The minimum Gasteiger partial charge on any atom is -0.491 e. The zero-order valence-corrected chi connectivity index (χ0v) is 17.6. The zero-order valence-electron chi connectivity index (χ0n) is 15.2. The van der Waals surface area contributed by atoms with E-state index >= 15 is 0 Å². The first-order chi connectivity index (χ1) is 11.7. The number of hydrogen-bond donors (Lipinski definition) is 2. The van der Waals surface area contributed by atoms with Gasteiger partial charge in [-0.15, -0.1) is 24.0 Å². The van der Waals surface area contributed by atoms with E-state index in [4.69, 9.17) is 15.2 Å². The molecule has 0 aromatic heterocycles. The van der Waals surface area contributed by atoms with Gasteiger partial charge >= 0.3 is 6.18 Å². The minimum absolute atomic E-state index is 0. The van der Waals surface area contributed by atoms with Crippen molar-refractivity contribution in [1.29, 1.82) is 0 Å². The summed E-state index contributed by atoms with van der Waals surface area (Å²) in [6, 6.07) is 3.87. The number of rotatable bonds is 9. The zero-order chi connectivity index (χ0) is 18.9. The fraction of sp³-hybridized carbons (Fsp3) is 0.588. The SMILES string of the molecule is CCOCCCNC(N)=NCc1ccc(OC(C)C)cc1C(F)(F)F.I. The summed E-state index contributed by atoms with van der Waals surface area (Å²) in [5, 5.41) is 2.85. The summed E-state index contributed by atoms with van der Waals surface area (Å²) < 4.78 is 50.2. The number of benzene rings is 1. The van der Waals surface area contributed by atoms with Gasteiger partial charge in [-0.05, 0) is 44.9 Å². The fourth-order valence-electron chi connectivity index (χ4n) is 2.06.